The second kappa shape index (κ2) is 11.3. The molecular formula is C25H23NO6. The molecule has 1 amide bonds. The van der Waals surface area contributed by atoms with Gasteiger partial charge in [-0.3, -0.25) is 0 Å². The minimum Gasteiger partial charge on any atom is -0.480 e. The topological polar surface area (TPSA) is 102 Å². The molecule has 0 spiro atoms. The predicted molar refractivity (Wildman–Crippen MR) is 117 cm³/mol. The SMILES string of the molecule is O=C(N[C@@H](Cc1ccccc1)C(=O)O)OC(C(=O)OCc1ccccc1)c1ccccc1. The fourth-order valence-corrected chi connectivity index (χ4v) is 3.02. The standard InChI is InChI=1S/C25H23NO6/c27-23(28)21(16-18-10-4-1-5-11-18)26-25(30)32-22(20-14-8-3-9-15-20)24(29)31-17-19-12-6-2-7-13-19/h1-15,21-22H,16-17H2,(H,26,30)(H,27,28)/t21-,22?/m0/s1. The number of nitrogens with one attached hydrogen (secondary N) is 1. The second-order valence-corrected chi connectivity index (χ2v) is 7.01. The van der Waals surface area contributed by atoms with E-state index in [4.69, 9.17) is 9.47 Å². The molecule has 0 aromatic heterocycles. The predicted octanol–water partition coefficient (Wildman–Crippen LogP) is 3.89. The average molecular weight is 433 g/mol. The summed E-state index contributed by atoms with van der Waals surface area (Å²) in [5.41, 5.74) is 1.93. The molecule has 0 radical (unpaired) electrons. The highest BCUT2D eigenvalue weighted by Gasteiger charge is 2.29. The molecular weight excluding hydrogens is 410 g/mol. The van der Waals surface area contributed by atoms with Gasteiger partial charge >= 0.3 is 18.0 Å². The maximum absolute atomic E-state index is 12.7. The average Bonchev–Trinajstić information content (AvgIpc) is 2.82. The first-order valence-corrected chi connectivity index (χ1v) is 10.0. The van der Waals surface area contributed by atoms with Gasteiger partial charge in [-0.05, 0) is 11.1 Å². The van der Waals surface area contributed by atoms with Crippen molar-refractivity contribution >= 4 is 18.0 Å². The highest BCUT2D eigenvalue weighted by atomic mass is 16.6. The Labute approximate surface area is 185 Å². The number of aliphatic carboxylic acids is 1. The summed E-state index contributed by atoms with van der Waals surface area (Å²) >= 11 is 0. The van der Waals surface area contributed by atoms with Crippen LogP contribution in [-0.2, 0) is 32.1 Å². The third kappa shape index (κ3) is 6.70. The molecule has 0 heterocycles. The van der Waals surface area contributed by atoms with E-state index in [0.717, 1.165) is 11.1 Å². The Morgan fingerprint density at radius 1 is 0.781 bits per heavy atom. The molecule has 0 aliphatic rings. The van der Waals surface area contributed by atoms with Gasteiger partial charge in [0.2, 0.25) is 6.10 Å². The van der Waals surface area contributed by atoms with Crippen LogP contribution in [0.5, 0.6) is 0 Å². The first kappa shape index (κ1) is 22.6. The van der Waals surface area contributed by atoms with Crippen molar-refractivity contribution in [3.8, 4) is 0 Å². The summed E-state index contributed by atoms with van der Waals surface area (Å²) in [4.78, 5) is 36.9. The van der Waals surface area contributed by atoms with E-state index >= 15 is 0 Å². The van der Waals surface area contributed by atoms with Crippen molar-refractivity contribution in [3.05, 3.63) is 108 Å². The Bertz CT molecular complexity index is 1020. The van der Waals surface area contributed by atoms with Crippen molar-refractivity contribution in [2.24, 2.45) is 0 Å². The van der Waals surface area contributed by atoms with Gasteiger partial charge in [-0.2, -0.15) is 0 Å². The monoisotopic (exact) mass is 433 g/mol. The molecule has 0 saturated carbocycles. The molecule has 2 N–H and O–H groups in total. The molecule has 164 valence electrons. The van der Waals surface area contributed by atoms with Crippen LogP contribution < -0.4 is 5.32 Å². The molecule has 0 bridgehead atoms. The summed E-state index contributed by atoms with van der Waals surface area (Å²) in [5, 5.41) is 11.8. The van der Waals surface area contributed by atoms with E-state index in [2.05, 4.69) is 5.32 Å². The van der Waals surface area contributed by atoms with Gasteiger partial charge in [0.1, 0.15) is 12.6 Å². The highest BCUT2D eigenvalue weighted by molar-refractivity contribution is 5.83. The number of carboxylic acid groups (broad SMARTS) is 1. The van der Waals surface area contributed by atoms with Crippen LogP contribution in [0.2, 0.25) is 0 Å². The van der Waals surface area contributed by atoms with Gasteiger partial charge in [-0.15, -0.1) is 0 Å². The number of hydrogen-bond acceptors (Lipinski definition) is 5. The van der Waals surface area contributed by atoms with Crippen molar-refractivity contribution in [2.45, 2.75) is 25.2 Å². The van der Waals surface area contributed by atoms with Crippen molar-refractivity contribution in [3.63, 3.8) is 0 Å². The molecule has 2 atom stereocenters. The first-order valence-electron chi connectivity index (χ1n) is 10.0. The number of carboxylic acids is 1. The smallest absolute Gasteiger partial charge is 0.409 e. The largest absolute Gasteiger partial charge is 0.480 e. The van der Waals surface area contributed by atoms with Crippen LogP contribution in [0.25, 0.3) is 0 Å². The van der Waals surface area contributed by atoms with Gasteiger partial charge in [0.25, 0.3) is 0 Å². The molecule has 1 unspecified atom stereocenters. The molecule has 32 heavy (non-hydrogen) atoms. The minimum absolute atomic E-state index is 0.0136. The third-order valence-corrected chi connectivity index (χ3v) is 4.64. The zero-order chi connectivity index (χ0) is 22.8. The fraction of sp³-hybridized carbons (Fsp3) is 0.160. The molecule has 0 fully saturated rings. The summed E-state index contributed by atoms with van der Waals surface area (Å²) in [6.45, 7) is 0.0136. The maximum atomic E-state index is 12.7. The summed E-state index contributed by atoms with van der Waals surface area (Å²) in [6, 6.07) is 25.2. The quantitative estimate of drug-likeness (QED) is 0.497. The van der Waals surface area contributed by atoms with Crippen LogP contribution in [0.1, 0.15) is 22.8 Å². The molecule has 3 aromatic rings. The van der Waals surface area contributed by atoms with E-state index in [-0.39, 0.29) is 13.0 Å². The molecule has 0 aliphatic heterocycles. The Balaban J connectivity index is 1.68. The molecule has 3 aromatic carbocycles. The highest BCUT2D eigenvalue weighted by Crippen LogP contribution is 2.20. The van der Waals surface area contributed by atoms with E-state index in [9.17, 15) is 19.5 Å². The van der Waals surface area contributed by atoms with Crippen LogP contribution in [0.4, 0.5) is 4.79 Å². The van der Waals surface area contributed by atoms with Crippen LogP contribution in [0.3, 0.4) is 0 Å². The van der Waals surface area contributed by atoms with Gasteiger partial charge in [0, 0.05) is 12.0 Å². The van der Waals surface area contributed by atoms with Crippen LogP contribution in [0.15, 0.2) is 91.0 Å². The second-order valence-electron chi connectivity index (χ2n) is 7.01. The van der Waals surface area contributed by atoms with E-state index in [1.54, 1.807) is 66.7 Å². The van der Waals surface area contributed by atoms with Crippen molar-refractivity contribution in [2.75, 3.05) is 0 Å². The Hall–Kier alpha value is -4.13. The van der Waals surface area contributed by atoms with Crippen molar-refractivity contribution in [1.29, 1.82) is 0 Å². The van der Waals surface area contributed by atoms with Crippen LogP contribution in [0, 0.1) is 0 Å². The van der Waals surface area contributed by atoms with Gasteiger partial charge < -0.3 is 19.9 Å². The number of ether oxygens (including phenoxy) is 2. The number of esters is 1. The summed E-state index contributed by atoms with van der Waals surface area (Å²) in [7, 11) is 0. The summed E-state index contributed by atoms with van der Waals surface area (Å²) in [6.07, 6.45) is -2.30. The summed E-state index contributed by atoms with van der Waals surface area (Å²) in [5.74, 6) is -1.97. The van der Waals surface area contributed by atoms with Crippen LogP contribution >= 0.6 is 0 Å². The van der Waals surface area contributed by atoms with Gasteiger partial charge in [0.15, 0.2) is 0 Å². The number of hydrogen-bond donors (Lipinski definition) is 2. The van der Waals surface area contributed by atoms with Gasteiger partial charge in [0.05, 0.1) is 0 Å². The lowest BCUT2D eigenvalue weighted by molar-refractivity contribution is -0.155. The first-order chi connectivity index (χ1) is 15.5. The summed E-state index contributed by atoms with van der Waals surface area (Å²) < 4.78 is 10.7. The number of rotatable bonds is 9. The van der Waals surface area contributed by atoms with E-state index in [1.807, 2.05) is 24.3 Å². The molecule has 7 heteroatoms. The zero-order valence-electron chi connectivity index (χ0n) is 17.2. The lowest BCUT2D eigenvalue weighted by Crippen LogP contribution is -2.43. The lowest BCUT2D eigenvalue weighted by atomic mass is 10.1. The van der Waals surface area contributed by atoms with Crippen LogP contribution in [-0.4, -0.2) is 29.2 Å². The lowest BCUT2D eigenvalue weighted by Gasteiger charge is -2.20. The normalized spacial score (nSPS) is 12.2. The maximum Gasteiger partial charge on any atom is 0.409 e. The molecule has 3 rings (SSSR count). The molecule has 7 nitrogen and oxygen atoms in total. The van der Waals surface area contributed by atoms with E-state index in [0.29, 0.717) is 5.56 Å². The Morgan fingerprint density at radius 3 is 1.88 bits per heavy atom. The Kier molecular flexibility index (Phi) is 7.97. The number of amides is 1. The van der Waals surface area contributed by atoms with Gasteiger partial charge in [-0.25, -0.2) is 14.4 Å². The van der Waals surface area contributed by atoms with Crippen molar-refractivity contribution in [1.82, 2.24) is 5.32 Å². The van der Waals surface area contributed by atoms with Crippen molar-refractivity contribution < 1.29 is 29.0 Å². The molecule has 0 saturated heterocycles. The molecule has 0 aliphatic carbocycles. The van der Waals surface area contributed by atoms with E-state index < -0.39 is 30.2 Å². The minimum atomic E-state index is -1.34. The number of alkyl carbamates (subject to hydrolysis) is 1. The van der Waals surface area contributed by atoms with Gasteiger partial charge in [-0.1, -0.05) is 91.0 Å². The fourth-order valence-electron chi connectivity index (χ4n) is 3.02. The Morgan fingerprint density at radius 2 is 1.31 bits per heavy atom. The van der Waals surface area contributed by atoms with E-state index in [1.165, 1.54) is 0 Å². The number of carbonyl (C=O) groups is 3. The third-order valence-electron chi connectivity index (χ3n) is 4.64. The number of benzene rings is 3. The zero-order valence-corrected chi connectivity index (χ0v) is 17.2. The number of carbonyl (C=O) groups excluding carboxylic acids is 2.